The van der Waals surface area contributed by atoms with Gasteiger partial charge in [-0.2, -0.15) is 10.5 Å². The van der Waals surface area contributed by atoms with Crippen molar-refractivity contribution in [1.82, 2.24) is 0 Å². The lowest BCUT2D eigenvalue weighted by Gasteiger charge is -2.25. The maximum absolute atomic E-state index is 8.89. The van der Waals surface area contributed by atoms with Gasteiger partial charge in [0.15, 0.2) is 0 Å². The fourth-order valence-corrected chi connectivity index (χ4v) is 1.60. The molecule has 1 aromatic carbocycles. The van der Waals surface area contributed by atoms with E-state index >= 15 is 0 Å². The second kappa shape index (κ2) is 4.34. The molecule has 1 aromatic rings. The highest BCUT2D eigenvalue weighted by atomic mass is 35.5. The Hall–Kier alpha value is -1.51. The van der Waals surface area contributed by atoms with Crippen molar-refractivity contribution in [3.8, 4) is 12.1 Å². The minimum absolute atomic E-state index is 0.506. The fourth-order valence-electron chi connectivity index (χ4n) is 1.41. The fraction of sp³-hybridized carbons (Fsp3) is 0.333. The van der Waals surface area contributed by atoms with Crippen LogP contribution in [0.25, 0.3) is 0 Å². The second-order valence-electron chi connectivity index (χ2n) is 3.92. The zero-order valence-corrected chi connectivity index (χ0v) is 9.42. The molecule has 2 nitrogen and oxygen atoms in total. The van der Waals surface area contributed by atoms with Crippen LogP contribution in [0, 0.1) is 28.6 Å². The van der Waals surface area contributed by atoms with E-state index < -0.39 is 11.3 Å². The van der Waals surface area contributed by atoms with Crippen LogP contribution in [0.5, 0.6) is 0 Å². The summed E-state index contributed by atoms with van der Waals surface area (Å²) in [4.78, 5) is 0. The summed E-state index contributed by atoms with van der Waals surface area (Å²) < 4.78 is 0. The summed E-state index contributed by atoms with van der Waals surface area (Å²) >= 11 is 5.88. The van der Waals surface area contributed by atoms with Crippen LogP contribution in [-0.2, 0) is 5.41 Å². The predicted molar refractivity (Wildman–Crippen MR) is 59.2 cm³/mol. The smallest absolute Gasteiger partial charge is 0.142 e. The van der Waals surface area contributed by atoms with E-state index in [0.717, 1.165) is 5.56 Å². The van der Waals surface area contributed by atoms with Gasteiger partial charge in [0.05, 0.1) is 12.1 Å². The van der Waals surface area contributed by atoms with Crippen molar-refractivity contribution in [2.24, 2.45) is 5.92 Å². The zero-order valence-electron chi connectivity index (χ0n) is 8.66. The lowest BCUT2D eigenvalue weighted by molar-refractivity contribution is 0.460. The maximum Gasteiger partial charge on any atom is 0.142 e. The first-order chi connectivity index (χ1) is 7.02. The average molecular weight is 219 g/mol. The van der Waals surface area contributed by atoms with Gasteiger partial charge < -0.3 is 0 Å². The SMILES string of the molecule is CC(C)(c1cccc(Cl)c1)C(C#N)C#N. The Balaban J connectivity index is 3.18. The van der Waals surface area contributed by atoms with Crippen LogP contribution >= 0.6 is 11.6 Å². The van der Waals surface area contributed by atoms with Gasteiger partial charge in [0.1, 0.15) is 5.92 Å². The van der Waals surface area contributed by atoms with Gasteiger partial charge in [-0.05, 0) is 17.7 Å². The van der Waals surface area contributed by atoms with Gasteiger partial charge in [0.25, 0.3) is 0 Å². The van der Waals surface area contributed by atoms with Crippen molar-refractivity contribution in [2.75, 3.05) is 0 Å². The molecule has 0 unspecified atom stereocenters. The number of nitrogens with zero attached hydrogens (tertiary/aromatic N) is 2. The molecule has 76 valence electrons. The molecule has 1 rings (SSSR count). The molecule has 3 heteroatoms. The minimum Gasteiger partial charge on any atom is -0.197 e. The molecule has 0 aromatic heterocycles. The standard InChI is InChI=1S/C12H11ClN2/c1-12(2,10(7-14)8-15)9-4-3-5-11(13)6-9/h3-6,10H,1-2H3. The summed E-state index contributed by atoms with van der Waals surface area (Å²) in [6.45, 7) is 3.74. The highest BCUT2D eigenvalue weighted by Gasteiger charge is 2.31. The van der Waals surface area contributed by atoms with Crippen molar-refractivity contribution in [3.05, 3.63) is 34.9 Å². The summed E-state index contributed by atoms with van der Waals surface area (Å²) in [6, 6.07) is 11.3. The van der Waals surface area contributed by atoms with E-state index in [0.29, 0.717) is 5.02 Å². The molecule has 0 spiro atoms. The van der Waals surface area contributed by atoms with Crippen molar-refractivity contribution in [2.45, 2.75) is 19.3 Å². The maximum atomic E-state index is 8.89. The Labute approximate surface area is 94.7 Å². The summed E-state index contributed by atoms with van der Waals surface area (Å²) in [5.74, 6) is -0.670. The van der Waals surface area contributed by atoms with E-state index in [2.05, 4.69) is 0 Å². The van der Waals surface area contributed by atoms with Crippen LogP contribution in [0.3, 0.4) is 0 Å². The average Bonchev–Trinajstić information content (AvgIpc) is 2.19. The molecule has 0 amide bonds. The van der Waals surface area contributed by atoms with Gasteiger partial charge in [-0.25, -0.2) is 0 Å². The Morgan fingerprint density at radius 3 is 2.33 bits per heavy atom. The highest BCUT2D eigenvalue weighted by Crippen LogP contribution is 2.32. The quantitative estimate of drug-likeness (QED) is 0.765. The van der Waals surface area contributed by atoms with E-state index in [9.17, 15) is 0 Å². The van der Waals surface area contributed by atoms with Crippen molar-refractivity contribution < 1.29 is 0 Å². The molecule has 0 heterocycles. The molecule has 0 fully saturated rings. The number of rotatable bonds is 2. The van der Waals surface area contributed by atoms with Crippen LogP contribution in [0.15, 0.2) is 24.3 Å². The first kappa shape index (κ1) is 11.6. The van der Waals surface area contributed by atoms with E-state index in [1.807, 2.05) is 38.1 Å². The van der Waals surface area contributed by atoms with E-state index in [4.69, 9.17) is 22.1 Å². The first-order valence-corrected chi connectivity index (χ1v) is 4.95. The normalized spacial score (nSPS) is 10.8. The Bertz CT molecular complexity index is 424. The third-order valence-electron chi connectivity index (χ3n) is 2.55. The van der Waals surface area contributed by atoms with E-state index in [1.54, 1.807) is 12.1 Å². The minimum atomic E-state index is -0.670. The van der Waals surface area contributed by atoms with Gasteiger partial charge in [0.2, 0.25) is 0 Å². The molecule has 15 heavy (non-hydrogen) atoms. The molecule has 0 radical (unpaired) electrons. The van der Waals surface area contributed by atoms with E-state index in [1.165, 1.54) is 0 Å². The topological polar surface area (TPSA) is 47.6 Å². The number of benzene rings is 1. The van der Waals surface area contributed by atoms with Crippen LogP contribution in [0.2, 0.25) is 5.02 Å². The van der Waals surface area contributed by atoms with Crippen LogP contribution in [0.4, 0.5) is 0 Å². The molecule has 0 saturated carbocycles. The second-order valence-corrected chi connectivity index (χ2v) is 4.36. The molecule has 0 aliphatic rings. The first-order valence-electron chi connectivity index (χ1n) is 4.57. The van der Waals surface area contributed by atoms with Gasteiger partial charge in [-0.1, -0.05) is 37.6 Å². The zero-order chi connectivity index (χ0) is 11.5. The molecule has 0 bridgehead atoms. The number of hydrogen-bond donors (Lipinski definition) is 0. The van der Waals surface area contributed by atoms with Crippen LogP contribution in [-0.4, -0.2) is 0 Å². The van der Waals surface area contributed by atoms with Gasteiger partial charge in [0, 0.05) is 10.4 Å². The highest BCUT2D eigenvalue weighted by molar-refractivity contribution is 6.30. The van der Waals surface area contributed by atoms with Crippen molar-refractivity contribution >= 4 is 11.6 Å². The lowest BCUT2D eigenvalue weighted by Crippen LogP contribution is -2.26. The Morgan fingerprint density at radius 1 is 1.27 bits per heavy atom. The summed E-state index contributed by atoms with van der Waals surface area (Å²) in [7, 11) is 0. The molecule has 0 aliphatic carbocycles. The summed E-state index contributed by atoms with van der Waals surface area (Å²) in [6.07, 6.45) is 0. The molecule has 0 aliphatic heterocycles. The summed E-state index contributed by atoms with van der Waals surface area (Å²) in [5, 5.41) is 18.4. The number of hydrogen-bond acceptors (Lipinski definition) is 2. The third-order valence-corrected chi connectivity index (χ3v) is 2.78. The monoisotopic (exact) mass is 218 g/mol. The lowest BCUT2D eigenvalue weighted by atomic mass is 9.75. The van der Waals surface area contributed by atoms with Gasteiger partial charge in [-0.3, -0.25) is 0 Å². The van der Waals surface area contributed by atoms with Crippen LogP contribution < -0.4 is 0 Å². The van der Waals surface area contributed by atoms with Crippen LogP contribution in [0.1, 0.15) is 19.4 Å². The number of nitriles is 2. The molecular weight excluding hydrogens is 208 g/mol. The molecular formula is C12H11ClN2. The van der Waals surface area contributed by atoms with Gasteiger partial charge in [-0.15, -0.1) is 0 Å². The van der Waals surface area contributed by atoms with Gasteiger partial charge >= 0.3 is 0 Å². The molecule has 0 saturated heterocycles. The van der Waals surface area contributed by atoms with Crippen molar-refractivity contribution in [3.63, 3.8) is 0 Å². The largest absolute Gasteiger partial charge is 0.197 e. The van der Waals surface area contributed by atoms with Crippen molar-refractivity contribution in [1.29, 1.82) is 10.5 Å². The van der Waals surface area contributed by atoms with E-state index in [-0.39, 0.29) is 0 Å². The number of halogens is 1. The Morgan fingerprint density at radius 2 is 1.87 bits per heavy atom. The third kappa shape index (κ3) is 2.29. The molecule has 0 N–H and O–H groups in total. The Kier molecular flexibility index (Phi) is 3.35. The predicted octanol–water partition coefficient (Wildman–Crippen LogP) is 3.28. The summed E-state index contributed by atoms with van der Waals surface area (Å²) in [5.41, 5.74) is 0.400. The molecule has 0 atom stereocenters.